The van der Waals surface area contributed by atoms with Gasteiger partial charge in [-0.25, -0.2) is 4.79 Å². The van der Waals surface area contributed by atoms with E-state index in [1.165, 1.54) is 7.11 Å². The van der Waals surface area contributed by atoms with E-state index in [2.05, 4.69) is 10.6 Å². The number of nitrogens with one attached hydrogen (secondary N) is 2. The normalized spacial score (nSPS) is 14.6. The maximum atomic E-state index is 13.6. The van der Waals surface area contributed by atoms with Crippen molar-refractivity contribution in [2.45, 2.75) is 18.4 Å². The topological polar surface area (TPSA) is 87.7 Å². The molecule has 0 unspecified atom stereocenters. The van der Waals surface area contributed by atoms with Gasteiger partial charge in [-0.2, -0.15) is 0 Å². The van der Waals surface area contributed by atoms with E-state index >= 15 is 0 Å². The van der Waals surface area contributed by atoms with Crippen LogP contribution in [-0.4, -0.2) is 41.9 Å². The average Bonchev–Trinajstić information content (AvgIpc) is 3.04. The molecule has 1 fully saturated rings. The second-order valence-corrected chi connectivity index (χ2v) is 8.56. The van der Waals surface area contributed by atoms with E-state index in [1.54, 1.807) is 18.2 Å². The van der Waals surface area contributed by atoms with E-state index < -0.39 is 29.9 Å². The lowest BCUT2D eigenvalue weighted by molar-refractivity contribution is -0.133. The van der Waals surface area contributed by atoms with Crippen molar-refractivity contribution in [3.05, 3.63) is 95.0 Å². The number of carbonyl (C=O) groups excluding carboxylic acids is 3. The number of ether oxygens (including phenoxy) is 1. The van der Waals surface area contributed by atoms with Gasteiger partial charge in [-0.3, -0.25) is 14.5 Å². The van der Waals surface area contributed by atoms with Crippen molar-refractivity contribution in [1.82, 2.24) is 10.2 Å². The van der Waals surface area contributed by atoms with Gasteiger partial charge in [-0.1, -0.05) is 72.3 Å². The van der Waals surface area contributed by atoms with Crippen LogP contribution in [0.5, 0.6) is 5.75 Å². The Kier molecular flexibility index (Phi) is 6.84. The molecule has 0 aliphatic carbocycles. The number of hydrogen-bond donors (Lipinski definition) is 2. The Hall–Kier alpha value is -3.84. The van der Waals surface area contributed by atoms with Gasteiger partial charge < -0.3 is 15.4 Å². The molecule has 34 heavy (non-hydrogen) atoms. The fourth-order valence-corrected chi connectivity index (χ4v) is 4.29. The van der Waals surface area contributed by atoms with Crippen LogP contribution in [0.25, 0.3) is 0 Å². The summed E-state index contributed by atoms with van der Waals surface area (Å²) in [7, 11) is 1.47. The van der Waals surface area contributed by atoms with E-state index in [1.807, 2.05) is 60.7 Å². The molecule has 1 heterocycles. The fraction of sp³-hybridized carbons (Fsp3) is 0.192. The van der Waals surface area contributed by atoms with Gasteiger partial charge in [0.15, 0.2) is 0 Å². The Morgan fingerprint density at radius 1 is 0.971 bits per heavy atom. The molecule has 0 saturated carbocycles. The van der Waals surface area contributed by atoms with E-state index in [4.69, 9.17) is 16.3 Å². The summed E-state index contributed by atoms with van der Waals surface area (Å²) >= 11 is 6.03. The van der Waals surface area contributed by atoms with Crippen LogP contribution in [0.15, 0.2) is 78.9 Å². The molecule has 0 radical (unpaired) electrons. The van der Waals surface area contributed by atoms with Crippen LogP contribution in [0.3, 0.4) is 0 Å². The molecule has 3 aromatic rings. The number of halogens is 1. The van der Waals surface area contributed by atoms with Crippen LogP contribution in [0, 0.1) is 0 Å². The summed E-state index contributed by atoms with van der Waals surface area (Å²) < 4.78 is 5.25. The van der Waals surface area contributed by atoms with Crippen LogP contribution in [0.2, 0.25) is 5.02 Å². The molecule has 0 atom stereocenters. The summed E-state index contributed by atoms with van der Waals surface area (Å²) in [5.74, 6) is -0.574. The van der Waals surface area contributed by atoms with Crippen molar-refractivity contribution in [3.63, 3.8) is 0 Å². The zero-order valence-corrected chi connectivity index (χ0v) is 19.3. The Bertz CT molecular complexity index is 1160. The highest BCUT2D eigenvalue weighted by Gasteiger charge is 2.51. The maximum absolute atomic E-state index is 13.6. The molecule has 1 saturated heterocycles. The third-order valence-electron chi connectivity index (χ3n) is 5.68. The monoisotopic (exact) mass is 477 g/mol. The standard InChI is InChI=1S/C26H24ClN3O4/c1-34-22-13-12-20(27)14-21(22)28-23(31)17-30-24(32)26(29-25(30)33,15-18-8-4-2-5-9-18)16-19-10-6-3-7-11-19/h2-14H,15-17H2,1H3,(H,28,31)(H,29,33). The number of amides is 4. The molecule has 1 aliphatic heterocycles. The summed E-state index contributed by atoms with van der Waals surface area (Å²) in [4.78, 5) is 40.3. The van der Waals surface area contributed by atoms with Crippen molar-refractivity contribution < 1.29 is 19.1 Å². The molecule has 174 valence electrons. The lowest BCUT2D eigenvalue weighted by atomic mass is 9.84. The number of benzene rings is 3. The molecule has 1 aliphatic rings. The molecule has 0 spiro atoms. The van der Waals surface area contributed by atoms with Crippen LogP contribution in [0.4, 0.5) is 10.5 Å². The lowest BCUT2D eigenvalue weighted by Crippen LogP contribution is -2.51. The zero-order chi connectivity index (χ0) is 24.1. The number of imide groups is 1. The first kappa shape index (κ1) is 23.3. The first-order valence-electron chi connectivity index (χ1n) is 10.8. The second-order valence-electron chi connectivity index (χ2n) is 8.12. The highest BCUT2D eigenvalue weighted by atomic mass is 35.5. The van der Waals surface area contributed by atoms with E-state index in [9.17, 15) is 14.4 Å². The molecule has 4 rings (SSSR count). The number of anilines is 1. The highest BCUT2D eigenvalue weighted by molar-refractivity contribution is 6.31. The van der Waals surface area contributed by atoms with Crippen molar-refractivity contribution in [1.29, 1.82) is 0 Å². The molecule has 4 amide bonds. The maximum Gasteiger partial charge on any atom is 0.325 e. The van der Waals surface area contributed by atoms with Gasteiger partial charge in [-0.05, 0) is 29.3 Å². The molecular formula is C26H24ClN3O4. The third kappa shape index (κ3) is 5.05. The Labute approximate surface area is 202 Å². The van der Waals surface area contributed by atoms with Crippen LogP contribution < -0.4 is 15.4 Å². The van der Waals surface area contributed by atoms with E-state index in [-0.39, 0.29) is 0 Å². The summed E-state index contributed by atoms with van der Waals surface area (Å²) in [5, 5.41) is 5.96. The summed E-state index contributed by atoms with van der Waals surface area (Å²) in [6.07, 6.45) is 0.598. The summed E-state index contributed by atoms with van der Waals surface area (Å²) in [6.45, 7) is -0.439. The molecule has 0 aromatic heterocycles. The minimum atomic E-state index is -1.20. The van der Waals surface area contributed by atoms with Gasteiger partial charge in [0.25, 0.3) is 5.91 Å². The first-order chi connectivity index (χ1) is 16.4. The summed E-state index contributed by atoms with van der Waals surface area (Å²) in [5.41, 5.74) is 0.962. The number of urea groups is 1. The molecular weight excluding hydrogens is 454 g/mol. The van der Waals surface area contributed by atoms with Crippen molar-refractivity contribution >= 4 is 35.1 Å². The first-order valence-corrected chi connectivity index (χ1v) is 11.1. The Balaban J connectivity index is 1.57. The van der Waals surface area contributed by atoms with Gasteiger partial charge in [-0.15, -0.1) is 0 Å². The molecule has 8 heteroatoms. The largest absolute Gasteiger partial charge is 0.495 e. The number of carbonyl (C=O) groups is 3. The number of hydrogen-bond acceptors (Lipinski definition) is 4. The van der Waals surface area contributed by atoms with E-state index in [0.717, 1.165) is 16.0 Å². The number of rotatable bonds is 8. The SMILES string of the molecule is COc1ccc(Cl)cc1NC(=O)CN1C(=O)NC(Cc2ccccc2)(Cc2ccccc2)C1=O. The van der Waals surface area contributed by atoms with Gasteiger partial charge in [0, 0.05) is 17.9 Å². The average molecular weight is 478 g/mol. The Morgan fingerprint density at radius 3 is 2.12 bits per heavy atom. The van der Waals surface area contributed by atoms with Gasteiger partial charge >= 0.3 is 6.03 Å². The Morgan fingerprint density at radius 2 is 1.56 bits per heavy atom. The van der Waals surface area contributed by atoms with Crippen LogP contribution in [-0.2, 0) is 22.4 Å². The lowest BCUT2D eigenvalue weighted by Gasteiger charge is -2.27. The second kappa shape index (κ2) is 9.97. The van der Waals surface area contributed by atoms with Crippen molar-refractivity contribution in [2.75, 3.05) is 19.0 Å². The van der Waals surface area contributed by atoms with Crippen LogP contribution >= 0.6 is 11.6 Å². The van der Waals surface area contributed by atoms with Gasteiger partial charge in [0.1, 0.15) is 17.8 Å². The molecule has 3 aromatic carbocycles. The third-order valence-corrected chi connectivity index (χ3v) is 5.92. The predicted octanol–water partition coefficient (Wildman–Crippen LogP) is 4.06. The number of nitrogens with zero attached hydrogens (tertiary/aromatic N) is 1. The molecule has 7 nitrogen and oxygen atoms in total. The summed E-state index contributed by atoms with van der Waals surface area (Å²) in [6, 6.07) is 23.2. The van der Waals surface area contributed by atoms with Gasteiger partial charge in [0.2, 0.25) is 5.91 Å². The molecule has 0 bridgehead atoms. The minimum absolute atomic E-state index is 0.299. The quantitative estimate of drug-likeness (QED) is 0.479. The van der Waals surface area contributed by atoms with Crippen molar-refractivity contribution in [2.24, 2.45) is 0 Å². The molecule has 2 N–H and O–H groups in total. The fourth-order valence-electron chi connectivity index (χ4n) is 4.12. The number of methoxy groups -OCH3 is 1. The van der Waals surface area contributed by atoms with Crippen LogP contribution in [0.1, 0.15) is 11.1 Å². The predicted molar refractivity (Wildman–Crippen MR) is 130 cm³/mol. The minimum Gasteiger partial charge on any atom is -0.495 e. The van der Waals surface area contributed by atoms with Crippen molar-refractivity contribution in [3.8, 4) is 5.75 Å². The smallest absolute Gasteiger partial charge is 0.325 e. The highest BCUT2D eigenvalue weighted by Crippen LogP contribution is 2.29. The zero-order valence-electron chi connectivity index (χ0n) is 18.6. The van der Waals surface area contributed by atoms with E-state index in [0.29, 0.717) is 29.3 Å². The van der Waals surface area contributed by atoms with Gasteiger partial charge in [0.05, 0.1) is 12.8 Å².